The molecule has 160 valence electrons. The van der Waals surface area contributed by atoms with E-state index in [9.17, 15) is 4.79 Å². The quantitative estimate of drug-likeness (QED) is 0.488. The number of piperidine rings is 1. The Kier molecular flexibility index (Phi) is 7.28. The van der Waals surface area contributed by atoms with Gasteiger partial charge in [0.2, 0.25) is 5.91 Å². The Morgan fingerprint density at radius 3 is 2.47 bits per heavy atom. The van der Waals surface area contributed by atoms with Crippen molar-refractivity contribution in [3.8, 4) is 0 Å². The van der Waals surface area contributed by atoms with Crippen LogP contribution in [-0.2, 0) is 4.79 Å². The number of likely N-dealkylation sites (tertiary alicyclic amines) is 1. The smallest absolute Gasteiger partial charge is 0.230 e. The Bertz CT molecular complexity index is 894. The van der Waals surface area contributed by atoms with Gasteiger partial charge in [0.15, 0.2) is 0 Å². The van der Waals surface area contributed by atoms with Crippen LogP contribution in [-0.4, -0.2) is 24.0 Å². The lowest BCUT2D eigenvalue weighted by Crippen LogP contribution is -2.58. The zero-order valence-electron chi connectivity index (χ0n) is 17.9. The van der Waals surface area contributed by atoms with Gasteiger partial charge < -0.3 is 10.2 Å². The highest BCUT2D eigenvalue weighted by atomic mass is 35.5. The van der Waals surface area contributed by atoms with Crippen LogP contribution in [0.15, 0.2) is 61.2 Å². The summed E-state index contributed by atoms with van der Waals surface area (Å²) in [5, 5.41) is 4.74. The summed E-state index contributed by atoms with van der Waals surface area (Å²) in [6, 6.07) is 15.7. The van der Waals surface area contributed by atoms with Gasteiger partial charge in [0.25, 0.3) is 0 Å². The van der Waals surface area contributed by atoms with E-state index in [-0.39, 0.29) is 24.0 Å². The molecule has 3 nitrogen and oxygen atoms in total. The molecule has 1 heterocycles. The van der Waals surface area contributed by atoms with Crippen LogP contribution in [0.4, 0.5) is 0 Å². The number of carbonyl (C=O) groups excluding carboxylic acids is 1. The molecular formula is C25H30Cl2N2O. The second-order valence-electron chi connectivity index (χ2n) is 8.34. The number of carbonyl (C=O) groups is 1. The van der Waals surface area contributed by atoms with Crippen LogP contribution in [0.5, 0.6) is 0 Å². The van der Waals surface area contributed by atoms with Gasteiger partial charge in [-0.1, -0.05) is 67.4 Å². The lowest BCUT2D eigenvalue weighted by Gasteiger charge is -2.52. The summed E-state index contributed by atoms with van der Waals surface area (Å²) >= 11 is 12.5. The number of hydrogen-bond acceptors (Lipinski definition) is 2. The molecule has 0 bridgehead atoms. The Morgan fingerprint density at radius 2 is 1.90 bits per heavy atom. The van der Waals surface area contributed by atoms with Crippen LogP contribution in [0.2, 0.25) is 10.0 Å². The highest BCUT2D eigenvalue weighted by Gasteiger charge is 2.50. The van der Waals surface area contributed by atoms with Gasteiger partial charge >= 0.3 is 0 Å². The molecule has 0 radical (unpaired) electrons. The molecule has 5 heteroatoms. The Balaban J connectivity index is 2.22. The number of allylic oxidation sites excluding steroid dienone is 1. The molecule has 1 amide bonds. The molecule has 0 aliphatic carbocycles. The molecule has 1 fully saturated rings. The third-order valence-electron chi connectivity index (χ3n) is 6.24. The molecule has 1 aliphatic rings. The first-order valence-electron chi connectivity index (χ1n) is 10.5. The maximum Gasteiger partial charge on any atom is 0.230 e. The lowest BCUT2D eigenvalue weighted by atomic mass is 9.67. The topological polar surface area (TPSA) is 32.3 Å². The van der Waals surface area contributed by atoms with E-state index in [0.717, 1.165) is 24.0 Å². The SMILES string of the molecule is C=CC[C@@]1(C)C[C@H](c2cccc(Cl)c2)[C@@H](c2ccc(Cl)cc2)N([C@@H](CC)NC)C1=O. The number of nitrogens with one attached hydrogen (secondary N) is 1. The maximum absolute atomic E-state index is 13.9. The summed E-state index contributed by atoms with van der Waals surface area (Å²) < 4.78 is 0. The van der Waals surface area contributed by atoms with Crippen molar-refractivity contribution in [1.82, 2.24) is 10.2 Å². The van der Waals surface area contributed by atoms with Crippen molar-refractivity contribution in [1.29, 1.82) is 0 Å². The van der Waals surface area contributed by atoms with Crippen molar-refractivity contribution in [3.05, 3.63) is 82.4 Å². The van der Waals surface area contributed by atoms with Crippen molar-refractivity contribution in [2.45, 2.75) is 51.2 Å². The first kappa shape index (κ1) is 22.9. The highest BCUT2D eigenvalue weighted by molar-refractivity contribution is 6.30. The van der Waals surface area contributed by atoms with Crippen molar-refractivity contribution < 1.29 is 4.79 Å². The second-order valence-corrected chi connectivity index (χ2v) is 9.21. The number of amides is 1. The van der Waals surface area contributed by atoms with E-state index in [1.807, 2.05) is 60.5 Å². The summed E-state index contributed by atoms with van der Waals surface area (Å²) in [5.74, 6) is 0.247. The predicted molar refractivity (Wildman–Crippen MR) is 126 cm³/mol. The van der Waals surface area contributed by atoms with E-state index in [1.165, 1.54) is 0 Å². The standard InChI is InChI=1S/C25H30Cl2N2O/c1-5-14-25(3)16-21(18-8-7-9-20(27)15-18)23(17-10-12-19(26)13-11-17)29(24(25)30)22(6-2)28-4/h5,7-13,15,21-23,28H,1,6,14,16H2,2-4H3/t21-,22+,23-,25+/m1/s1. The van der Waals surface area contributed by atoms with E-state index in [4.69, 9.17) is 23.2 Å². The zero-order chi connectivity index (χ0) is 21.9. The summed E-state index contributed by atoms with van der Waals surface area (Å²) in [7, 11) is 1.91. The van der Waals surface area contributed by atoms with Crippen molar-refractivity contribution in [2.75, 3.05) is 7.05 Å². The molecule has 1 aliphatic heterocycles. The van der Waals surface area contributed by atoms with Crippen LogP contribution >= 0.6 is 23.2 Å². The monoisotopic (exact) mass is 444 g/mol. The molecule has 1 saturated heterocycles. The molecule has 30 heavy (non-hydrogen) atoms. The van der Waals surface area contributed by atoms with Crippen molar-refractivity contribution in [3.63, 3.8) is 0 Å². The van der Waals surface area contributed by atoms with Gasteiger partial charge in [-0.05, 0) is 61.7 Å². The molecule has 2 aromatic carbocycles. The zero-order valence-corrected chi connectivity index (χ0v) is 19.4. The lowest BCUT2D eigenvalue weighted by molar-refractivity contribution is -0.155. The van der Waals surface area contributed by atoms with Gasteiger partial charge in [-0.25, -0.2) is 0 Å². The first-order valence-corrected chi connectivity index (χ1v) is 11.2. The largest absolute Gasteiger partial charge is 0.319 e. The molecule has 0 spiro atoms. The van der Waals surface area contributed by atoms with Gasteiger partial charge in [-0.15, -0.1) is 6.58 Å². The van der Waals surface area contributed by atoms with Gasteiger partial charge in [0.1, 0.15) is 0 Å². The van der Waals surface area contributed by atoms with Gasteiger partial charge in [-0.3, -0.25) is 4.79 Å². The number of hydrogen-bond donors (Lipinski definition) is 1. The summed E-state index contributed by atoms with van der Waals surface area (Å²) in [5.41, 5.74) is 1.69. The minimum atomic E-state index is -0.526. The van der Waals surface area contributed by atoms with Gasteiger partial charge in [-0.2, -0.15) is 0 Å². The number of halogens is 2. The van der Waals surface area contributed by atoms with Crippen LogP contribution in [0.25, 0.3) is 0 Å². The van der Waals surface area contributed by atoms with E-state index in [2.05, 4.69) is 31.8 Å². The molecule has 1 N–H and O–H groups in total. The van der Waals surface area contributed by atoms with E-state index in [0.29, 0.717) is 16.5 Å². The van der Waals surface area contributed by atoms with Crippen LogP contribution in [0, 0.1) is 5.41 Å². The number of nitrogens with zero attached hydrogens (tertiary/aromatic N) is 1. The third-order valence-corrected chi connectivity index (χ3v) is 6.73. The van der Waals surface area contributed by atoms with Crippen LogP contribution < -0.4 is 5.32 Å². The Morgan fingerprint density at radius 1 is 1.20 bits per heavy atom. The number of benzene rings is 2. The van der Waals surface area contributed by atoms with E-state index < -0.39 is 5.41 Å². The second kappa shape index (κ2) is 9.55. The van der Waals surface area contributed by atoms with E-state index in [1.54, 1.807) is 0 Å². The molecule has 0 unspecified atom stereocenters. The molecular weight excluding hydrogens is 415 g/mol. The predicted octanol–water partition coefficient (Wildman–Crippen LogP) is 6.59. The first-order chi connectivity index (χ1) is 14.3. The Labute approximate surface area is 190 Å². The summed E-state index contributed by atoms with van der Waals surface area (Å²) in [6.07, 6.45) is 3.94. The molecule has 0 saturated carbocycles. The van der Waals surface area contributed by atoms with Crippen molar-refractivity contribution in [2.24, 2.45) is 5.41 Å². The summed E-state index contributed by atoms with van der Waals surface area (Å²) in [6.45, 7) is 8.08. The fourth-order valence-corrected chi connectivity index (χ4v) is 5.10. The fraction of sp³-hybridized carbons (Fsp3) is 0.400. The fourth-order valence-electron chi connectivity index (χ4n) is 4.77. The molecule has 2 aromatic rings. The van der Waals surface area contributed by atoms with Gasteiger partial charge in [0.05, 0.1) is 17.6 Å². The van der Waals surface area contributed by atoms with Crippen LogP contribution in [0.1, 0.15) is 56.2 Å². The van der Waals surface area contributed by atoms with Gasteiger partial charge in [0, 0.05) is 16.0 Å². The van der Waals surface area contributed by atoms with Crippen LogP contribution in [0.3, 0.4) is 0 Å². The molecule has 0 aromatic heterocycles. The average molecular weight is 445 g/mol. The van der Waals surface area contributed by atoms with E-state index >= 15 is 0 Å². The van der Waals surface area contributed by atoms with Crippen molar-refractivity contribution >= 4 is 29.1 Å². The normalized spacial score (nSPS) is 25.2. The minimum absolute atomic E-state index is 0.0793. The summed E-state index contributed by atoms with van der Waals surface area (Å²) in [4.78, 5) is 15.9. The minimum Gasteiger partial charge on any atom is -0.319 e. The molecule has 4 atom stereocenters. The molecule has 3 rings (SSSR count). The average Bonchev–Trinajstić information content (AvgIpc) is 2.73. The third kappa shape index (κ3) is 4.44. The Hall–Kier alpha value is -1.81. The maximum atomic E-state index is 13.9. The highest BCUT2D eigenvalue weighted by Crippen LogP contribution is 2.52. The number of rotatable bonds is 7.